The average molecular weight is 375 g/mol. The molecule has 8 nitrogen and oxygen atoms in total. The van der Waals surface area contributed by atoms with Gasteiger partial charge in [0.2, 0.25) is 15.9 Å². The lowest BCUT2D eigenvalue weighted by Gasteiger charge is -2.35. The van der Waals surface area contributed by atoms with Crippen LogP contribution in [0.2, 0.25) is 0 Å². The van der Waals surface area contributed by atoms with Crippen molar-refractivity contribution in [2.45, 2.75) is 31.1 Å². The molecule has 1 aromatic carbocycles. The molecular formula is C17H21N5O3S. The molecule has 0 N–H and O–H groups in total. The van der Waals surface area contributed by atoms with Crippen molar-refractivity contribution in [1.29, 1.82) is 0 Å². The van der Waals surface area contributed by atoms with Gasteiger partial charge in [-0.15, -0.1) is 5.10 Å². The molecule has 1 fully saturated rings. The van der Waals surface area contributed by atoms with Crippen LogP contribution in [-0.2, 0) is 27.8 Å². The van der Waals surface area contributed by atoms with E-state index in [9.17, 15) is 13.2 Å². The van der Waals surface area contributed by atoms with E-state index in [1.54, 1.807) is 11.1 Å². The summed E-state index contributed by atoms with van der Waals surface area (Å²) in [5.41, 5.74) is 1.84. The number of hydrogen-bond donors (Lipinski definition) is 0. The van der Waals surface area contributed by atoms with Crippen LogP contribution in [-0.4, -0.2) is 59.1 Å². The number of anilines is 1. The van der Waals surface area contributed by atoms with Crippen molar-refractivity contribution < 1.29 is 13.2 Å². The van der Waals surface area contributed by atoms with Crippen LogP contribution in [0.15, 0.2) is 36.7 Å². The summed E-state index contributed by atoms with van der Waals surface area (Å²) in [6.45, 7) is 1.37. The SMILES string of the molecule is O=C(Cn1ccnn1)N1CCCC(S(=O)(=O)N2CCc3ccccc32)C1. The lowest BCUT2D eigenvalue weighted by Crippen LogP contribution is -2.50. The third-order valence-electron chi connectivity index (χ3n) is 5.07. The summed E-state index contributed by atoms with van der Waals surface area (Å²) in [6.07, 6.45) is 5.13. The van der Waals surface area contributed by atoms with E-state index in [0.29, 0.717) is 25.9 Å². The van der Waals surface area contributed by atoms with Crippen molar-refractivity contribution in [3.63, 3.8) is 0 Å². The summed E-state index contributed by atoms with van der Waals surface area (Å²) in [4.78, 5) is 14.1. The molecule has 0 radical (unpaired) electrons. The van der Waals surface area contributed by atoms with Gasteiger partial charge in [-0.25, -0.2) is 13.1 Å². The van der Waals surface area contributed by atoms with Crippen molar-refractivity contribution in [2.24, 2.45) is 0 Å². The molecular weight excluding hydrogens is 354 g/mol. The second kappa shape index (κ2) is 6.71. The Hall–Kier alpha value is -2.42. The first-order valence-electron chi connectivity index (χ1n) is 8.77. The highest BCUT2D eigenvalue weighted by molar-refractivity contribution is 7.93. The molecule has 0 aliphatic carbocycles. The Balaban J connectivity index is 1.49. The molecule has 0 spiro atoms. The van der Waals surface area contributed by atoms with Crippen LogP contribution in [0.25, 0.3) is 0 Å². The largest absolute Gasteiger partial charge is 0.340 e. The molecule has 1 atom stereocenters. The van der Waals surface area contributed by atoms with Gasteiger partial charge in [-0.05, 0) is 30.9 Å². The summed E-state index contributed by atoms with van der Waals surface area (Å²) in [5, 5.41) is 6.92. The maximum atomic E-state index is 13.2. The van der Waals surface area contributed by atoms with Gasteiger partial charge >= 0.3 is 0 Å². The molecule has 138 valence electrons. The van der Waals surface area contributed by atoms with E-state index in [4.69, 9.17) is 0 Å². The number of benzene rings is 1. The van der Waals surface area contributed by atoms with E-state index in [2.05, 4.69) is 10.3 Å². The summed E-state index contributed by atoms with van der Waals surface area (Å²) in [7, 11) is -3.50. The molecule has 9 heteroatoms. The van der Waals surface area contributed by atoms with Crippen LogP contribution in [0.5, 0.6) is 0 Å². The summed E-state index contributed by atoms with van der Waals surface area (Å²) < 4.78 is 29.4. The van der Waals surface area contributed by atoms with Crippen molar-refractivity contribution in [1.82, 2.24) is 19.9 Å². The smallest absolute Gasteiger partial charge is 0.244 e. The number of nitrogens with zero attached hydrogens (tertiary/aromatic N) is 5. The molecule has 0 bridgehead atoms. The monoisotopic (exact) mass is 375 g/mol. The number of carbonyl (C=O) groups is 1. The van der Waals surface area contributed by atoms with E-state index >= 15 is 0 Å². The number of hydrogen-bond acceptors (Lipinski definition) is 5. The molecule has 2 aliphatic rings. The number of amides is 1. The fraction of sp³-hybridized carbons (Fsp3) is 0.471. The predicted octanol–water partition coefficient (Wildman–Crippen LogP) is 0.662. The van der Waals surface area contributed by atoms with Crippen LogP contribution in [0.1, 0.15) is 18.4 Å². The minimum absolute atomic E-state index is 0.0827. The second-order valence-corrected chi connectivity index (χ2v) is 8.84. The van der Waals surface area contributed by atoms with E-state index in [-0.39, 0.29) is 19.0 Å². The van der Waals surface area contributed by atoms with Crippen LogP contribution in [0.4, 0.5) is 5.69 Å². The minimum atomic E-state index is -3.50. The molecule has 3 heterocycles. The molecule has 1 amide bonds. The first kappa shape index (κ1) is 17.0. The Labute approximate surface area is 152 Å². The zero-order chi connectivity index (χ0) is 18.1. The molecule has 1 aromatic heterocycles. The number of para-hydroxylation sites is 1. The van der Waals surface area contributed by atoms with E-state index in [1.165, 1.54) is 15.2 Å². The van der Waals surface area contributed by atoms with E-state index in [0.717, 1.165) is 17.7 Å². The first-order valence-corrected chi connectivity index (χ1v) is 10.3. The number of fused-ring (bicyclic) bond motifs is 1. The van der Waals surface area contributed by atoms with Gasteiger partial charge < -0.3 is 4.90 Å². The minimum Gasteiger partial charge on any atom is -0.340 e. The predicted molar refractivity (Wildman–Crippen MR) is 96.0 cm³/mol. The highest BCUT2D eigenvalue weighted by atomic mass is 32.2. The fourth-order valence-corrected chi connectivity index (χ4v) is 5.71. The maximum absolute atomic E-state index is 13.2. The van der Waals surface area contributed by atoms with Crippen molar-refractivity contribution in [3.05, 3.63) is 42.2 Å². The van der Waals surface area contributed by atoms with Crippen LogP contribution >= 0.6 is 0 Å². The van der Waals surface area contributed by atoms with E-state index < -0.39 is 15.3 Å². The molecule has 2 aromatic rings. The Morgan fingerprint density at radius 1 is 1.23 bits per heavy atom. The normalized spacial score (nSPS) is 20.2. The molecule has 1 unspecified atom stereocenters. The van der Waals surface area contributed by atoms with Crippen LogP contribution in [0.3, 0.4) is 0 Å². The highest BCUT2D eigenvalue weighted by Gasteiger charge is 2.39. The number of sulfonamides is 1. The van der Waals surface area contributed by atoms with Crippen LogP contribution < -0.4 is 4.31 Å². The third-order valence-corrected chi connectivity index (χ3v) is 7.29. The summed E-state index contributed by atoms with van der Waals surface area (Å²) in [5.74, 6) is -0.128. The molecule has 4 rings (SSSR count). The molecule has 1 saturated heterocycles. The first-order chi connectivity index (χ1) is 12.6. The lowest BCUT2D eigenvalue weighted by atomic mass is 10.1. The van der Waals surface area contributed by atoms with Gasteiger partial charge in [0.05, 0.1) is 17.1 Å². The maximum Gasteiger partial charge on any atom is 0.244 e. The van der Waals surface area contributed by atoms with Crippen molar-refractivity contribution >= 4 is 21.6 Å². The standard InChI is InChI=1S/C17H21N5O3S/c23-17(13-21-11-8-18-19-21)20-9-3-5-15(12-20)26(24,25)22-10-7-14-4-1-2-6-16(14)22/h1-2,4,6,8,11,15H,3,5,7,9-10,12-13H2. The van der Waals surface area contributed by atoms with Gasteiger partial charge in [-0.2, -0.15) is 0 Å². The second-order valence-electron chi connectivity index (χ2n) is 6.70. The molecule has 2 aliphatic heterocycles. The molecule has 26 heavy (non-hydrogen) atoms. The molecule has 0 saturated carbocycles. The van der Waals surface area contributed by atoms with Crippen molar-refractivity contribution in [3.8, 4) is 0 Å². The van der Waals surface area contributed by atoms with Gasteiger partial charge in [-0.3, -0.25) is 9.10 Å². The lowest BCUT2D eigenvalue weighted by molar-refractivity contribution is -0.132. The third kappa shape index (κ3) is 3.07. The fourth-order valence-electron chi connectivity index (χ4n) is 3.72. The Morgan fingerprint density at radius 3 is 2.88 bits per heavy atom. The van der Waals surface area contributed by atoms with E-state index in [1.807, 2.05) is 24.3 Å². The summed E-state index contributed by atoms with van der Waals surface area (Å²) in [6, 6.07) is 7.62. The number of piperidine rings is 1. The van der Waals surface area contributed by atoms with Crippen molar-refractivity contribution in [2.75, 3.05) is 23.9 Å². The number of likely N-dealkylation sites (tertiary alicyclic amines) is 1. The topological polar surface area (TPSA) is 88.4 Å². The Kier molecular flexibility index (Phi) is 4.39. The number of carbonyl (C=O) groups excluding carboxylic acids is 1. The van der Waals surface area contributed by atoms with Crippen LogP contribution in [0, 0.1) is 0 Å². The summed E-state index contributed by atoms with van der Waals surface area (Å²) >= 11 is 0. The number of aromatic nitrogens is 3. The quantitative estimate of drug-likeness (QED) is 0.783. The average Bonchev–Trinajstić information content (AvgIpc) is 3.31. The van der Waals surface area contributed by atoms with Gasteiger partial charge in [-0.1, -0.05) is 23.4 Å². The Morgan fingerprint density at radius 2 is 2.08 bits per heavy atom. The zero-order valence-electron chi connectivity index (χ0n) is 14.4. The zero-order valence-corrected chi connectivity index (χ0v) is 15.2. The number of rotatable bonds is 4. The van der Waals surface area contributed by atoms with Gasteiger partial charge in [0.1, 0.15) is 6.54 Å². The van der Waals surface area contributed by atoms with Gasteiger partial charge in [0.25, 0.3) is 0 Å². The Bertz CT molecular complexity index is 897. The van der Waals surface area contributed by atoms with Gasteiger partial charge in [0, 0.05) is 25.8 Å². The highest BCUT2D eigenvalue weighted by Crippen LogP contribution is 2.33. The van der Waals surface area contributed by atoms with Gasteiger partial charge in [0.15, 0.2) is 0 Å².